The molecular formula is C13H16N2O4. The lowest BCUT2D eigenvalue weighted by molar-refractivity contribution is -0.142. The predicted octanol–water partition coefficient (Wildman–Crippen LogP) is 0.958. The third kappa shape index (κ3) is 4.26. The molecule has 1 fully saturated rings. The average Bonchev–Trinajstić information content (AvgIpc) is 2.45. The number of ether oxygens (including phenoxy) is 1. The number of hydrogen-bond acceptors (Lipinski definition) is 5. The summed E-state index contributed by atoms with van der Waals surface area (Å²) in [7, 11) is 0. The molecule has 1 aromatic carbocycles. The zero-order valence-corrected chi connectivity index (χ0v) is 10.5. The third-order valence-electron chi connectivity index (χ3n) is 2.73. The average molecular weight is 264 g/mol. The fourth-order valence-corrected chi connectivity index (χ4v) is 1.78. The zero-order chi connectivity index (χ0) is 13.5. The Kier molecular flexibility index (Phi) is 4.74. The summed E-state index contributed by atoms with van der Waals surface area (Å²) in [5.74, 6) is -1.04. The lowest BCUT2D eigenvalue weighted by Gasteiger charge is -2.28. The van der Waals surface area contributed by atoms with E-state index in [2.05, 4.69) is 14.9 Å². The minimum atomic E-state index is -1.04. The highest BCUT2D eigenvalue weighted by molar-refractivity contribution is 5.80. The van der Waals surface area contributed by atoms with E-state index in [1.165, 1.54) is 6.21 Å². The molecule has 0 radical (unpaired) electrons. The highest BCUT2D eigenvalue weighted by Gasteiger charge is 2.10. The van der Waals surface area contributed by atoms with E-state index in [0.717, 1.165) is 37.6 Å². The summed E-state index contributed by atoms with van der Waals surface area (Å²) in [6.45, 7) is 2.88. The maximum atomic E-state index is 10.2. The topological polar surface area (TPSA) is 71.4 Å². The van der Waals surface area contributed by atoms with Gasteiger partial charge in [-0.1, -0.05) is 17.3 Å². The first kappa shape index (κ1) is 13.4. The number of nitrogens with zero attached hydrogens (tertiary/aromatic N) is 2. The molecule has 0 aromatic heterocycles. The van der Waals surface area contributed by atoms with Crippen molar-refractivity contribution in [3.63, 3.8) is 0 Å². The zero-order valence-electron chi connectivity index (χ0n) is 10.5. The standard InChI is InChI=1S/C13H16N2O4/c16-13(17)10-19-14-9-11-1-3-12(4-2-11)15-5-7-18-8-6-15/h1-4,9H,5-8,10H2,(H,16,17). The van der Waals surface area contributed by atoms with Gasteiger partial charge in [-0.05, 0) is 17.7 Å². The van der Waals surface area contributed by atoms with E-state index in [1.807, 2.05) is 24.3 Å². The molecule has 1 aromatic rings. The number of rotatable bonds is 5. The molecule has 6 heteroatoms. The Morgan fingerprint density at radius 3 is 2.68 bits per heavy atom. The molecule has 0 spiro atoms. The predicted molar refractivity (Wildman–Crippen MR) is 70.7 cm³/mol. The van der Waals surface area contributed by atoms with Gasteiger partial charge >= 0.3 is 5.97 Å². The van der Waals surface area contributed by atoms with E-state index in [4.69, 9.17) is 9.84 Å². The molecule has 0 bridgehead atoms. The van der Waals surface area contributed by atoms with Crippen LogP contribution in [0, 0.1) is 0 Å². The second-order valence-electron chi connectivity index (χ2n) is 4.09. The molecule has 0 aliphatic carbocycles. The summed E-state index contributed by atoms with van der Waals surface area (Å²) < 4.78 is 5.30. The quantitative estimate of drug-likeness (QED) is 0.633. The number of anilines is 1. The number of morpholine rings is 1. The Hall–Kier alpha value is -2.08. The van der Waals surface area contributed by atoms with Crippen LogP contribution >= 0.6 is 0 Å². The number of hydrogen-bond donors (Lipinski definition) is 1. The number of carbonyl (C=O) groups is 1. The molecular weight excluding hydrogens is 248 g/mol. The number of carboxylic acid groups (broad SMARTS) is 1. The van der Waals surface area contributed by atoms with Gasteiger partial charge in [0.25, 0.3) is 0 Å². The number of oxime groups is 1. The molecule has 0 unspecified atom stereocenters. The van der Waals surface area contributed by atoms with Crippen molar-refractivity contribution in [2.75, 3.05) is 37.8 Å². The van der Waals surface area contributed by atoms with E-state index in [1.54, 1.807) is 0 Å². The molecule has 1 heterocycles. The highest BCUT2D eigenvalue weighted by Crippen LogP contribution is 2.15. The van der Waals surface area contributed by atoms with Crippen LogP contribution in [0.25, 0.3) is 0 Å². The van der Waals surface area contributed by atoms with Gasteiger partial charge in [-0.15, -0.1) is 0 Å². The number of carboxylic acids is 1. The first-order chi connectivity index (χ1) is 9.25. The molecule has 0 atom stereocenters. The van der Waals surface area contributed by atoms with Crippen molar-refractivity contribution in [3.8, 4) is 0 Å². The largest absolute Gasteiger partial charge is 0.479 e. The molecule has 1 aliphatic heterocycles. The summed E-state index contributed by atoms with van der Waals surface area (Å²) in [6, 6.07) is 7.84. The Labute approximate surface area is 111 Å². The first-order valence-corrected chi connectivity index (χ1v) is 6.05. The van der Waals surface area contributed by atoms with E-state index in [9.17, 15) is 4.79 Å². The van der Waals surface area contributed by atoms with Crippen molar-refractivity contribution < 1.29 is 19.5 Å². The van der Waals surface area contributed by atoms with Crippen LogP contribution in [0.15, 0.2) is 29.4 Å². The van der Waals surface area contributed by atoms with Crippen molar-refractivity contribution >= 4 is 17.9 Å². The lowest BCUT2D eigenvalue weighted by Crippen LogP contribution is -2.36. The summed E-state index contributed by atoms with van der Waals surface area (Å²) in [4.78, 5) is 17.1. The van der Waals surface area contributed by atoms with Crippen molar-refractivity contribution in [2.24, 2.45) is 5.16 Å². The summed E-state index contributed by atoms with van der Waals surface area (Å²) in [5, 5.41) is 12.0. The summed E-state index contributed by atoms with van der Waals surface area (Å²) >= 11 is 0. The van der Waals surface area contributed by atoms with Gasteiger partial charge in [-0.3, -0.25) is 0 Å². The van der Waals surface area contributed by atoms with Crippen molar-refractivity contribution in [1.82, 2.24) is 0 Å². The summed E-state index contributed by atoms with van der Waals surface area (Å²) in [5.41, 5.74) is 2.01. The van der Waals surface area contributed by atoms with Crippen LogP contribution < -0.4 is 4.90 Å². The van der Waals surface area contributed by atoms with Gasteiger partial charge in [0, 0.05) is 18.8 Å². The van der Waals surface area contributed by atoms with Crippen LogP contribution in [0.2, 0.25) is 0 Å². The van der Waals surface area contributed by atoms with E-state index in [0.29, 0.717) is 0 Å². The van der Waals surface area contributed by atoms with Crippen LogP contribution in [-0.4, -0.2) is 50.2 Å². The van der Waals surface area contributed by atoms with Crippen LogP contribution in [0.3, 0.4) is 0 Å². The maximum absolute atomic E-state index is 10.2. The molecule has 1 saturated heterocycles. The summed E-state index contributed by atoms with van der Waals surface area (Å²) in [6.07, 6.45) is 1.49. The van der Waals surface area contributed by atoms with Crippen molar-refractivity contribution in [3.05, 3.63) is 29.8 Å². The minimum absolute atomic E-state index is 0.428. The minimum Gasteiger partial charge on any atom is -0.479 e. The van der Waals surface area contributed by atoms with Crippen LogP contribution in [0.1, 0.15) is 5.56 Å². The Balaban J connectivity index is 1.88. The molecule has 1 N–H and O–H groups in total. The second-order valence-corrected chi connectivity index (χ2v) is 4.09. The molecule has 0 amide bonds. The van der Waals surface area contributed by atoms with Gasteiger partial charge < -0.3 is 19.6 Å². The normalized spacial score (nSPS) is 15.7. The first-order valence-electron chi connectivity index (χ1n) is 6.05. The van der Waals surface area contributed by atoms with Gasteiger partial charge in [0.1, 0.15) is 0 Å². The van der Waals surface area contributed by atoms with Crippen LogP contribution in [0.5, 0.6) is 0 Å². The Morgan fingerprint density at radius 2 is 2.05 bits per heavy atom. The van der Waals surface area contributed by atoms with Crippen molar-refractivity contribution in [1.29, 1.82) is 0 Å². The lowest BCUT2D eigenvalue weighted by atomic mass is 10.2. The van der Waals surface area contributed by atoms with Gasteiger partial charge in [-0.25, -0.2) is 4.79 Å². The van der Waals surface area contributed by atoms with Crippen LogP contribution in [0.4, 0.5) is 5.69 Å². The van der Waals surface area contributed by atoms with Gasteiger partial charge in [-0.2, -0.15) is 0 Å². The molecule has 19 heavy (non-hydrogen) atoms. The SMILES string of the molecule is O=C(O)CON=Cc1ccc(N2CCOCC2)cc1. The smallest absolute Gasteiger partial charge is 0.344 e. The van der Waals surface area contributed by atoms with Crippen LogP contribution in [-0.2, 0) is 14.4 Å². The number of aliphatic carboxylic acids is 1. The second kappa shape index (κ2) is 6.75. The van der Waals surface area contributed by atoms with Gasteiger partial charge in [0.15, 0.2) is 0 Å². The molecule has 2 rings (SSSR count). The Bertz CT molecular complexity index is 438. The van der Waals surface area contributed by atoms with E-state index in [-0.39, 0.29) is 0 Å². The van der Waals surface area contributed by atoms with E-state index < -0.39 is 12.6 Å². The third-order valence-corrected chi connectivity index (χ3v) is 2.73. The Morgan fingerprint density at radius 1 is 1.37 bits per heavy atom. The van der Waals surface area contributed by atoms with Gasteiger partial charge in [0.05, 0.1) is 19.4 Å². The fourth-order valence-electron chi connectivity index (χ4n) is 1.78. The fraction of sp³-hybridized carbons (Fsp3) is 0.385. The van der Waals surface area contributed by atoms with Crippen molar-refractivity contribution in [2.45, 2.75) is 0 Å². The molecule has 1 aliphatic rings. The molecule has 102 valence electrons. The highest BCUT2D eigenvalue weighted by atomic mass is 16.6. The maximum Gasteiger partial charge on any atom is 0.344 e. The monoisotopic (exact) mass is 264 g/mol. The molecule has 0 saturated carbocycles. The number of benzene rings is 1. The molecule has 6 nitrogen and oxygen atoms in total. The van der Waals surface area contributed by atoms with E-state index >= 15 is 0 Å². The van der Waals surface area contributed by atoms with Gasteiger partial charge in [0.2, 0.25) is 6.61 Å².